The van der Waals surface area contributed by atoms with Crippen LogP contribution in [-0.2, 0) is 23.1 Å². The second-order valence-corrected chi connectivity index (χ2v) is 7.18. The number of fused-ring (bicyclic) bond motifs is 1. The van der Waals surface area contributed by atoms with Crippen LogP contribution in [0.5, 0.6) is 5.75 Å². The number of nitrogens with zero attached hydrogens (tertiary/aromatic N) is 2. The molecule has 1 aliphatic rings. The number of carbonyl (C=O) groups is 1. The van der Waals surface area contributed by atoms with E-state index in [2.05, 4.69) is 4.98 Å². The standard InChI is InChI=1S/C16H16N2O5S/c1-2-23-14-6-7-17-8-15(14)24(21,22)18-9-11-4-3-5-12(16(19)20)13(11)10-18/h3-8H,2,9-10H2,1H3,(H,19,20). The van der Waals surface area contributed by atoms with Crippen LogP contribution in [0, 0.1) is 0 Å². The van der Waals surface area contributed by atoms with Crippen LogP contribution in [0.4, 0.5) is 0 Å². The van der Waals surface area contributed by atoms with Crippen LogP contribution in [0.25, 0.3) is 0 Å². The zero-order valence-electron chi connectivity index (χ0n) is 13.0. The monoisotopic (exact) mass is 348 g/mol. The summed E-state index contributed by atoms with van der Waals surface area (Å²) >= 11 is 0. The number of aromatic nitrogens is 1. The van der Waals surface area contributed by atoms with E-state index >= 15 is 0 Å². The smallest absolute Gasteiger partial charge is 0.336 e. The summed E-state index contributed by atoms with van der Waals surface area (Å²) in [5.41, 5.74) is 1.34. The Morgan fingerprint density at radius 2 is 2.12 bits per heavy atom. The number of sulfonamides is 1. The summed E-state index contributed by atoms with van der Waals surface area (Å²) in [6.07, 6.45) is 2.71. The van der Waals surface area contributed by atoms with Crippen molar-refractivity contribution in [3.63, 3.8) is 0 Å². The van der Waals surface area contributed by atoms with Crippen molar-refractivity contribution in [1.29, 1.82) is 0 Å². The molecule has 1 aliphatic heterocycles. The molecule has 2 heterocycles. The largest absolute Gasteiger partial charge is 0.492 e. The van der Waals surface area contributed by atoms with Crippen LogP contribution in [0.15, 0.2) is 41.6 Å². The maximum absolute atomic E-state index is 12.9. The topological polar surface area (TPSA) is 96.8 Å². The highest BCUT2D eigenvalue weighted by molar-refractivity contribution is 7.89. The fraction of sp³-hybridized carbons (Fsp3) is 0.250. The van der Waals surface area contributed by atoms with Gasteiger partial charge in [0, 0.05) is 19.3 Å². The summed E-state index contributed by atoms with van der Waals surface area (Å²) in [7, 11) is -3.85. The first kappa shape index (κ1) is 16.4. The third kappa shape index (κ3) is 2.74. The van der Waals surface area contributed by atoms with Crippen LogP contribution in [-0.4, -0.2) is 35.4 Å². The molecule has 0 fully saturated rings. The van der Waals surface area contributed by atoms with Crippen LogP contribution < -0.4 is 4.74 Å². The van der Waals surface area contributed by atoms with E-state index in [1.165, 1.54) is 28.8 Å². The van der Waals surface area contributed by atoms with Crippen molar-refractivity contribution >= 4 is 16.0 Å². The van der Waals surface area contributed by atoms with E-state index in [9.17, 15) is 18.3 Å². The minimum absolute atomic E-state index is 0.0145. The second kappa shape index (κ2) is 6.21. The van der Waals surface area contributed by atoms with Gasteiger partial charge in [-0.3, -0.25) is 4.98 Å². The fourth-order valence-electron chi connectivity index (χ4n) is 2.74. The number of carboxylic acids is 1. The molecule has 1 aromatic heterocycles. The molecule has 2 aromatic rings. The van der Waals surface area contributed by atoms with Gasteiger partial charge in [0.1, 0.15) is 10.6 Å². The second-order valence-electron chi connectivity index (χ2n) is 5.28. The molecule has 0 radical (unpaired) electrons. The summed E-state index contributed by atoms with van der Waals surface area (Å²) in [6.45, 7) is 2.23. The van der Waals surface area contributed by atoms with E-state index in [1.807, 2.05) is 0 Å². The Kier molecular flexibility index (Phi) is 4.25. The summed E-state index contributed by atoms with van der Waals surface area (Å²) < 4.78 is 32.5. The molecule has 0 saturated carbocycles. The summed E-state index contributed by atoms with van der Waals surface area (Å²) in [5, 5.41) is 9.27. The zero-order chi connectivity index (χ0) is 17.3. The Hall–Kier alpha value is -2.45. The van der Waals surface area contributed by atoms with Crippen LogP contribution in [0.2, 0.25) is 0 Å². The molecule has 0 aliphatic carbocycles. The first-order chi connectivity index (χ1) is 11.4. The van der Waals surface area contributed by atoms with E-state index < -0.39 is 16.0 Å². The molecular formula is C16H16N2O5S. The van der Waals surface area contributed by atoms with Crippen LogP contribution in [0.1, 0.15) is 28.4 Å². The first-order valence-electron chi connectivity index (χ1n) is 7.36. The summed E-state index contributed by atoms with van der Waals surface area (Å²) in [5.74, 6) is -0.829. The number of pyridine rings is 1. The molecule has 0 atom stereocenters. The number of rotatable bonds is 5. The van der Waals surface area contributed by atoms with Gasteiger partial charge in [0.15, 0.2) is 0 Å². The molecule has 7 nitrogen and oxygen atoms in total. The average Bonchev–Trinajstić information content (AvgIpc) is 3.00. The van der Waals surface area contributed by atoms with E-state index in [0.717, 1.165) is 0 Å². The molecule has 126 valence electrons. The Morgan fingerprint density at radius 1 is 1.33 bits per heavy atom. The van der Waals surface area contributed by atoms with Gasteiger partial charge in [-0.05, 0) is 30.2 Å². The normalized spacial score (nSPS) is 14.4. The lowest BCUT2D eigenvalue weighted by Crippen LogP contribution is -2.26. The number of ether oxygens (including phenoxy) is 1. The van der Waals surface area contributed by atoms with Gasteiger partial charge in [0.2, 0.25) is 10.0 Å². The Morgan fingerprint density at radius 3 is 2.83 bits per heavy atom. The molecule has 8 heteroatoms. The lowest BCUT2D eigenvalue weighted by Gasteiger charge is -2.17. The van der Waals surface area contributed by atoms with Crippen molar-refractivity contribution in [2.75, 3.05) is 6.61 Å². The van der Waals surface area contributed by atoms with Crippen molar-refractivity contribution in [2.45, 2.75) is 24.9 Å². The highest BCUT2D eigenvalue weighted by Crippen LogP contribution is 2.33. The van der Waals surface area contributed by atoms with Crippen molar-refractivity contribution < 1.29 is 23.1 Å². The van der Waals surface area contributed by atoms with Crippen molar-refractivity contribution in [1.82, 2.24) is 9.29 Å². The number of hydrogen-bond acceptors (Lipinski definition) is 5. The maximum Gasteiger partial charge on any atom is 0.336 e. The van der Waals surface area contributed by atoms with Gasteiger partial charge < -0.3 is 9.84 Å². The van der Waals surface area contributed by atoms with E-state index in [-0.39, 0.29) is 29.3 Å². The van der Waals surface area contributed by atoms with Crippen molar-refractivity contribution in [3.05, 3.63) is 53.3 Å². The molecule has 1 aromatic carbocycles. The molecule has 1 N–H and O–H groups in total. The third-order valence-electron chi connectivity index (χ3n) is 3.85. The number of benzene rings is 1. The number of carboxylic acid groups (broad SMARTS) is 1. The average molecular weight is 348 g/mol. The molecule has 0 amide bonds. The maximum atomic E-state index is 12.9. The zero-order valence-corrected chi connectivity index (χ0v) is 13.8. The molecule has 0 unspecified atom stereocenters. The van der Waals surface area contributed by atoms with Gasteiger partial charge in [0.05, 0.1) is 18.4 Å². The summed E-state index contributed by atoms with van der Waals surface area (Å²) in [4.78, 5) is 15.2. The highest BCUT2D eigenvalue weighted by atomic mass is 32.2. The minimum Gasteiger partial charge on any atom is -0.492 e. The van der Waals surface area contributed by atoms with E-state index in [1.54, 1.807) is 19.1 Å². The minimum atomic E-state index is -3.85. The van der Waals surface area contributed by atoms with E-state index in [4.69, 9.17) is 4.74 Å². The molecule has 3 rings (SSSR count). The third-order valence-corrected chi connectivity index (χ3v) is 5.65. The van der Waals surface area contributed by atoms with E-state index in [0.29, 0.717) is 17.7 Å². The Bertz CT molecular complexity index is 895. The van der Waals surface area contributed by atoms with Gasteiger partial charge >= 0.3 is 5.97 Å². The van der Waals surface area contributed by atoms with Gasteiger partial charge in [-0.1, -0.05) is 12.1 Å². The van der Waals surface area contributed by atoms with Gasteiger partial charge in [-0.25, -0.2) is 13.2 Å². The lowest BCUT2D eigenvalue weighted by molar-refractivity contribution is 0.0695. The predicted octanol–water partition coefficient (Wildman–Crippen LogP) is 1.88. The van der Waals surface area contributed by atoms with Gasteiger partial charge in [-0.2, -0.15) is 4.31 Å². The molecule has 0 bridgehead atoms. The number of aromatic carboxylic acids is 1. The SMILES string of the molecule is CCOc1ccncc1S(=O)(=O)N1Cc2cccc(C(=O)O)c2C1. The Labute approximate surface area is 139 Å². The lowest BCUT2D eigenvalue weighted by atomic mass is 10.0. The molecule has 0 spiro atoms. The number of hydrogen-bond donors (Lipinski definition) is 1. The van der Waals surface area contributed by atoms with Gasteiger partial charge in [0.25, 0.3) is 0 Å². The van der Waals surface area contributed by atoms with Crippen molar-refractivity contribution in [3.8, 4) is 5.75 Å². The van der Waals surface area contributed by atoms with Crippen LogP contribution in [0.3, 0.4) is 0 Å². The molecule has 0 saturated heterocycles. The quantitative estimate of drug-likeness (QED) is 0.886. The van der Waals surface area contributed by atoms with Crippen molar-refractivity contribution in [2.24, 2.45) is 0 Å². The predicted molar refractivity (Wildman–Crippen MR) is 85.2 cm³/mol. The molecule has 24 heavy (non-hydrogen) atoms. The summed E-state index contributed by atoms with van der Waals surface area (Å²) in [6, 6.07) is 6.34. The van der Waals surface area contributed by atoms with Crippen LogP contribution >= 0.6 is 0 Å². The van der Waals surface area contributed by atoms with Gasteiger partial charge in [-0.15, -0.1) is 0 Å². The Balaban J connectivity index is 1.99. The first-order valence-corrected chi connectivity index (χ1v) is 8.80. The molecular weight excluding hydrogens is 332 g/mol. The fourth-order valence-corrected chi connectivity index (χ4v) is 4.20. The highest BCUT2D eigenvalue weighted by Gasteiger charge is 2.34.